The second-order valence-electron chi connectivity index (χ2n) is 6.28. The Kier molecular flexibility index (Phi) is 3.29. The Morgan fingerprint density at radius 1 is 1.47 bits per heavy atom. The van der Waals surface area contributed by atoms with Crippen LogP contribution in [0.1, 0.15) is 52.9 Å². The van der Waals surface area contributed by atoms with Crippen LogP contribution in [0.4, 0.5) is 0 Å². The summed E-state index contributed by atoms with van der Waals surface area (Å²) >= 11 is 0. The topological polar surface area (TPSA) is 17.1 Å². The molecule has 94 valence electrons. The Morgan fingerprint density at radius 3 is 2.76 bits per heavy atom. The van der Waals surface area contributed by atoms with Crippen LogP contribution >= 0.6 is 0 Å². The molecule has 1 saturated carbocycles. The van der Waals surface area contributed by atoms with Crippen LogP contribution < -0.4 is 0 Å². The van der Waals surface area contributed by atoms with Gasteiger partial charge in [-0.05, 0) is 54.1 Å². The summed E-state index contributed by atoms with van der Waals surface area (Å²) in [7, 11) is 0. The van der Waals surface area contributed by atoms with Crippen LogP contribution in [0.15, 0.2) is 23.3 Å². The predicted molar refractivity (Wildman–Crippen MR) is 71.8 cm³/mol. The monoisotopic (exact) mass is 232 g/mol. The molecule has 0 spiro atoms. The van der Waals surface area contributed by atoms with Gasteiger partial charge in [-0.2, -0.15) is 0 Å². The smallest absolute Gasteiger partial charge is 0.120 e. The second-order valence-corrected chi connectivity index (χ2v) is 6.28. The lowest BCUT2D eigenvalue weighted by molar-refractivity contribution is -0.108. The molecule has 0 N–H and O–H groups in total. The molecule has 2 aliphatic rings. The van der Waals surface area contributed by atoms with E-state index >= 15 is 0 Å². The van der Waals surface area contributed by atoms with Crippen molar-refractivity contribution in [1.82, 2.24) is 0 Å². The van der Waals surface area contributed by atoms with E-state index in [1.807, 2.05) is 0 Å². The van der Waals surface area contributed by atoms with Crippen LogP contribution in [0.3, 0.4) is 0 Å². The minimum atomic E-state index is 0.357. The number of carbonyl (C=O) groups is 1. The predicted octanol–water partition coefficient (Wildman–Crippen LogP) is 4.29. The summed E-state index contributed by atoms with van der Waals surface area (Å²) in [5.41, 5.74) is 4.77. The average molecular weight is 232 g/mol. The fourth-order valence-electron chi connectivity index (χ4n) is 3.72. The van der Waals surface area contributed by atoms with E-state index in [0.29, 0.717) is 23.7 Å². The molecule has 2 atom stereocenters. The molecule has 0 bridgehead atoms. The second kappa shape index (κ2) is 4.44. The maximum absolute atomic E-state index is 10.7. The zero-order chi connectivity index (χ0) is 12.6. The molecule has 0 unspecified atom stereocenters. The van der Waals surface area contributed by atoms with Crippen LogP contribution in [0, 0.1) is 17.3 Å². The highest BCUT2D eigenvalue weighted by atomic mass is 16.1. The van der Waals surface area contributed by atoms with Gasteiger partial charge < -0.3 is 4.79 Å². The molecule has 1 heteroatoms. The van der Waals surface area contributed by atoms with Crippen molar-refractivity contribution >= 4 is 6.29 Å². The summed E-state index contributed by atoms with van der Waals surface area (Å²) in [6.45, 7) is 11.3. The van der Waals surface area contributed by atoms with E-state index < -0.39 is 0 Å². The highest BCUT2D eigenvalue weighted by molar-refractivity contribution is 5.54. The van der Waals surface area contributed by atoms with Gasteiger partial charge in [0, 0.05) is 6.42 Å². The van der Waals surface area contributed by atoms with Crippen molar-refractivity contribution in [3.05, 3.63) is 23.3 Å². The average Bonchev–Trinajstić information content (AvgIpc) is 2.62. The normalized spacial score (nSPS) is 33.2. The van der Waals surface area contributed by atoms with E-state index in [-0.39, 0.29) is 0 Å². The van der Waals surface area contributed by atoms with Crippen molar-refractivity contribution in [3.63, 3.8) is 0 Å². The fourth-order valence-corrected chi connectivity index (χ4v) is 3.72. The molecule has 2 rings (SSSR count). The minimum absolute atomic E-state index is 0.357. The maximum atomic E-state index is 10.7. The molecule has 1 nitrogen and oxygen atoms in total. The zero-order valence-corrected chi connectivity index (χ0v) is 11.4. The van der Waals surface area contributed by atoms with Crippen molar-refractivity contribution < 1.29 is 4.79 Å². The molecule has 0 amide bonds. The van der Waals surface area contributed by atoms with Gasteiger partial charge in [0.2, 0.25) is 0 Å². The van der Waals surface area contributed by atoms with Crippen molar-refractivity contribution in [3.8, 4) is 0 Å². The van der Waals surface area contributed by atoms with Crippen LogP contribution in [0.25, 0.3) is 0 Å². The Morgan fingerprint density at radius 2 is 2.18 bits per heavy atom. The largest absolute Gasteiger partial charge is 0.303 e. The van der Waals surface area contributed by atoms with Crippen LogP contribution in [-0.2, 0) is 4.79 Å². The van der Waals surface area contributed by atoms with Crippen molar-refractivity contribution in [2.75, 3.05) is 0 Å². The first-order valence-corrected chi connectivity index (χ1v) is 6.86. The van der Waals surface area contributed by atoms with Gasteiger partial charge in [0.05, 0.1) is 0 Å². The Labute approximate surface area is 105 Å². The van der Waals surface area contributed by atoms with Crippen molar-refractivity contribution in [2.45, 2.75) is 52.9 Å². The van der Waals surface area contributed by atoms with E-state index in [9.17, 15) is 4.79 Å². The molecule has 1 fully saturated rings. The first-order valence-electron chi connectivity index (χ1n) is 6.86. The highest BCUT2D eigenvalue weighted by Crippen LogP contribution is 2.56. The SMILES string of the molecule is C=C1C2=C(C(C)C)CC[C@]2(C)CC[C@@H]1CC=O. The lowest BCUT2D eigenvalue weighted by Gasteiger charge is -2.39. The first kappa shape index (κ1) is 12.6. The molecule has 2 aliphatic carbocycles. The number of hydrogen-bond acceptors (Lipinski definition) is 1. The van der Waals surface area contributed by atoms with Crippen molar-refractivity contribution in [2.24, 2.45) is 17.3 Å². The van der Waals surface area contributed by atoms with Gasteiger partial charge in [-0.1, -0.05) is 32.9 Å². The zero-order valence-electron chi connectivity index (χ0n) is 11.4. The molecule has 0 aromatic rings. The number of aldehydes is 1. The van der Waals surface area contributed by atoms with Gasteiger partial charge in [-0.3, -0.25) is 0 Å². The summed E-state index contributed by atoms with van der Waals surface area (Å²) < 4.78 is 0. The molecule has 0 aromatic carbocycles. The Bertz CT molecular complexity index is 375. The van der Waals surface area contributed by atoms with Crippen molar-refractivity contribution in [1.29, 1.82) is 0 Å². The van der Waals surface area contributed by atoms with Crippen LogP contribution in [-0.4, -0.2) is 6.29 Å². The molecule has 17 heavy (non-hydrogen) atoms. The molecule has 0 saturated heterocycles. The van der Waals surface area contributed by atoms with E-state index in [1.54, 1.807) is 5.57 Å². The molecule has 0 radical (unpaired) electrons. The summed E-state index contributed by atoms with van der Waals surface area (Å²) in [6.07, 6.45) is 6.60. The van der Waals surface area contributed by atoms with E-state index in [2.05, 4.69) is 27.4 Å². The quantitative estimate of drug-likeness (QED) is 0.663. The minimum Gasteiger partial charge on any atom is -0.303 e. The third-order valence-corrected chi connectivity index (χ3v) is 4.81. The first-order chi connectivity index (χ1) is 7.99. The van der Waals surface area contributed by atoms with Crippen LogP contribution in [0.5, 0.6) is 0 Å². The van der Waals surface area contributed by atoms with Crippen LogP contribution in [0.2, 0.25) is 0 Å². The van der Waals surface area contributed by atoms with Gasteiger partial charge in [0.1, 0.15) is 6.29 Å². The number of carbonyl (C=O) groups excluding carboxylic acids is 1. The molecule has 0 aromatic heterocycles. The molecular formula is C16H24O. The lowest BCUT2D eigenvalue weighted by Crippen LogP contribution is -2.27. The van der Waals surface area contributed by atoms with E-state index in [1.165, 1.54) is 30.4 Å². The van der Waals surface area contributed by atoms with Gasteiger partial charge in [0.25, 0.3) is 0 Å². The Hall–Kier alpha value is -0.850. The summed E-state index contributed by atoms with van der Waals surface area (Å²) in [5, 5.41) is 0. The Balaban J connectivity index is 2.37. The summed E-state index contributed by atoms with van der Waals surface area (Å²) in [6, 6.07) is 0. The number of rotatable bonds is 3. The number of fused-ring (bicyclic) bond motifs is 1. The summed E-state index contributed by atoms with van der Waals surface area (Å²) in [5.74, 6) is 1.03. The molecular weight excluding hydrogens is 208 g/mol. The van der Waals surface area contributed by atoms with E-state index in [4.69, 9.17) is 0 Å². The molecule has 0 heterocycles. The van der Waals surface area contributed by atoms with Gasteiger partial charge in [0.15, 0.2) is 0 Å². The van der Waals surface area contributed by atoms with E-state index in [0.717, 1.165) is 12.7 Å². The highest BCUT2D eigenvalue weighted by Gasteiger charge is 2.43. The van der Waals surface area contributed by atoms with Gasteiger partial charge in [-0.25, -0.2) is 0 Å². The maximum Gasteiger partial charge on any atom is 0.120 e. The molecule has 0 aliphatic heterocycles. The van der Waals surface area contributed by atoms with Gasteiger partial charge in [-0.15, -0.1) is 0 Å². The third-order valence-electron chi connectivity index (χ3n) is 4.81. The summed E-state index contributed by atoms with van der Waals surface area (Å²) in [4.78, 5) is 10.7. The number of hydrogen-bond donors (Lipinski definition) is 0. The standard InChI is InChI=1S/C16H24O/c1-11(2)14-6-9-16(4)8-5-13(7-10-17)12(3)15(14)16/h10-11,13H,3,5-9H2,1-2,4H3/t13-,16+/m1/s1. The van der Waals surface area contributed by atoms with Gasteiger partial charge >= 0.3 is 0 Å². The lowest BCUT2D eigenvalue weighted by atomic mass is 9.65. The number of allylic oxidation sites excluding steroid dienone is 3. The fraction of sp³-hybridized carbons (Fsp3) is 0.688. The third kappa shape index (κ3) is 2.00.